The topological polar surface area (TPSA) is 37.8 Å². The largest absolute Gasteiger partial charge is 0.368 e. The SMILES string of the molecule is CC(C)(C)CNc1nnc(Cl)c2ccccc12. The summed E-state index contributed by atoms with van der Waals surface area (Å²) in [5.41, 5.74) is 0.197. The van der Waals surface area contributed by atoms with Gasteiger partial charge in [0.25, 0.3) is 0 Å². The monoisotopic (exact) mass is 249 g/mol. The van der Waals surface area contributed by atoms with Crippen molar-refractivity contribution in [3.05, 3.63) is 29.4 Å². The Kier molecular flexibility index (Phi) is 3.20. The Bertz CT molecular complexity index is 532. The molecule has 2 aromatic rings. The van der Waals surface area contributed by atoms with Crippen molar-refractivity contribution in [1.29, 1.82) is 0 Å². The maximum absolute atomic E-state index is 6.02. The van der Waals surface area contributed by atoms with Gasteiger partial charge in [0.2, 0.25) is 0 Å². The second-order valence-electron chi connectivity index (χ2n) is 5.30. The molecule has 4 heteroatoms. The maximum Gasteiger partial charge on any atom is 0.159 e. The Morgan fingerprint density at radius 2 is 1.76 bits per heavy atom. The van der Waals surface area contributed by atoms with E-state index in [0.29, 0.717) is 5.15 Å². The summed E-state index contributed by atoms with van der Waals surface area (Å²) in [6, 6.07) is 7.88. The molecule has 1 N–H and O–H groups in total. The van der Waals surface area contributed by atoms with Gasteiger partial charge in [0, 0.05) is 17.3 Å². The molecular weight excluding hydrogens is 234 g/mol. The predicted octanol–water partition coefficient (Wildman–Crippen LogP) is 3.74. The van der Waals surface area contributed by atoms with E-state index in [9.17, 15) is 0 Å². The molecule has 0 aliphatic rings. The maximum atomic E-state index is 6.02. The van der Waals surface area contributed by atoms with Gasteiger partial charge in [-0.05, 0) is 5.41 Å². The average Bonchev–Trinajstić information content (AvgIpc) is 2.27. The fraction of sp³-hybridized carbons (Fsp3) is 0.385. The predicted molar refractivity (Wildman–Crippen MR) is 72.5 cm³/mol. The van der Waals surface area contributed by atoms with E-state index in [0.717, 1.165) is 23.1 Å². The number of benzene rings is 1. The van der Waals surface area contributed by atoms with E-state index in [1.165, 1.54) is 0 Å². The van der Waals surface area contributed by atoms with Crippen molar-refractivity contribution in [1.82, 2.24) is 10.2 Å². The molecule has 3 nitrogen and oxygen atoms in total. The number of halogens is 1. The zero-order valence-electron chi connectivity index (χ0n) is 10.3. The van der Waals surface area contributed by atoms with Crippen LogP contribution in [0, 0.1) is 5.41 Å². The highest BCUT2D eigenvalue weighted by Gasteiger charge is 2.12. The first-order valence-corrected chi connectivity index (χ1v) is 6.00. The molecule has 0 amide bonds. The van der Waals surface area contributed by atoms with Gasteiger partial charge in [-0.15, -0.1) is 10.2 Å². The Balaban J connectivity index is 2.38. The van der Waals surface area contributed by atoms with Gasteiger partial charge in [-0.25, -0.2) is 0 Å². The van der Waals surface area contributed by atoms with Crippen molar-refractivity contribution < 1.29 is 0 Å². The second kappa shape index (κ2) is 4.49. The van der Waals surface area contributed by atoms with E-state index in [4.69, 9.17) is 11.6 Å². The Morgan fingerprint density at radius 1 is 1.12 bits per heavy atom. The van der Waals surface area contributed by atoms with E-state index in [1.54, 1.807) is 0 Å². The van der Waals surface area contributed by atoms with Gasteiger partial charge in [0.15, 0.2) is 11.0 Å². The fourth-order valence-corrected chi connectivity index (χ4v) is 1.75. The normalized spacial score (nSPS) is 11.8. The number of nitrogens with one attached hydrogen (secondary N) is 1. The second-order valence-corrected chi connectivity index (χ2v) is 5.66. The number of aromatic nitrogens is 2. The van der Waals surface area contributed by atoms with Crippen LogP contribution in [0.3, 0.4) is 0 Å². The van der Waals surface area contributed by atoms with Gasteiger partial charge in [-0.2, -0.15) is 0 Å². The van der Waals surface area contributed by atoms with E-state index < -0.39 is 0 Å². The van der Waals surface area contributed by atoms with Gasteiger partial charge >= 0.3 is 0 Å². The van der Waals surface area contributed by atoms with Crippen LogP contribution < -0.4 is 5.32 Å². The summed E-state index contributed by atoms with van der Waals surface area (Å²) < 4.78 is 0. The minimum Gasteiger partial charge on any atom is -0.368 e. The van der Waals surface area contributed by atoms with Gasteiger partial charge < -0.3 is 5.32 Å². The van der Waals surface area contributed by atoms with Crippen LogP contribution in [0.5, 0.6) is 0 Å². The summed E-state index contributed by atoms with van der Waals surface area (Å²) in [5, 5.41) is 13.8. The molecule has 0 saturated carbocycles. The average molecular weight is 250 g/mol. The van der Waals surface area contributed by atoms with Crippen LogP contribution in [-0.2, 0) is 0 Å². The summed E-state index contributed by atoms with van der Waals surface area (Å²) in [7, 11) is 0. The number of hydrogen-bond acceptors (Lipinski definition) is 3. The highest BCUT2D eigenvalue weighted by Crippen LogP contribution is 2.26. The van der Waals surface area contributed by atoms with E-state index in [2.05, 4.69) is 36.3 Å². The zero-order chi connectivity index (χ0) is 12.5. The first-order chi connectivity index (χ1) is 7.97. The summed E-state index contributed by atoms with van der Waals surface area (Å²) in [5.74, 6) is 0.792. The van der Waals surface area contributed by atoms with Crippen LogP contribution in [-0.4, -0.2) is 16.7 Å². The number of fused-ring (bicyclic) bond motifs is 1. The Labute approximate surface area is 106 Å². The van der Waals surface area contributed by atoms with Gasteiger partial charge in [-0.1, -0.05) is 56.6 Å². The third-order valence-corrected chi connectivity index (χ3v) is 2.71. The molecule has 0 aliphatic carbocycles. The molecular formula is C13H16ClN3. The minimum atomic E-state index is 0.197. The molecule has 0 bridgehead atoms. The smallest absolute Gasteiger partial charge is 0.159 e. The summed E-state index contributed by atoms with van der Waals surface area (Å²) in [6.45, 7) is 7.36. The molecule has 0 spiro atoms. The van der Waals surface area contributed by atoms with Gasteiger partial charge in [-0.3, -0.25) is 0 Å². The Morgan fingerprint density at radius 3 is 2.41 bits per heavy atom. The number of nitrogens with zero attached hydrogens (tertiary/aromatic N) is 2. The van der Waals surface area contributed by atoms with Crippen LogP contribution in [0.2, 0.25) is 5.15 Å². The molecule has 0 fully saturated rings. The molecule has 1 heterocycles. The van der Waals surface area contributed by atoms with Crippen molar-refractivity contribution in [3.8, 4) is 0 Å². The highest BCUT2D eigenvalue weighted by molar-refractivity contribution is 6.34. The summed E-state index contributed by atoms with van der Waals surface area (Å²) >= 11 is 6.02. The third kappa shape index (κ3) is 2.86. The number of hydrogen-bond donors (Lipinski definition) is 1. The molecule has 0 atom stereocenters. The van der Waals surface area contributed by atoms with Crippen LogP contribution in [0.25, 0.3) is 10.8 Å². The lowest BCUT2D eigenvalue weighted by atomic mass is 9.97. The standard InChI is InChI=1S/C13H16ClN3/c1-13(2,3)8-15-12-10-7-5-4-6-9(10)11(14)16-17-12/h4-7H,8H2,1-3H3,(H,15,17). The highest BCUT2D eigenvalue weighted by atomic mass is 35.5. The zero-order valence-corrected chi connectivity index (χ0v) is 11.0. The molecule has 1 aromatic heterocycles. The molecule has 0 unspecified atom stereocenters. The van der Waals surface area contributed by atoms with Crippen LogP contribution in [0.1, 0.15) is 20.8 Å². The molecule has 0 radical (unpaired) electrons. The van der Waals surface area contributed by atoms with Gasteiger partial charge in [0.05, 0.1) is 0 Å². The van der Waals surface area contributed by atoms with E-state index in [1.807, 2.05) is 24.3 Å². The van der Waals surface area contributed by atoms with Crippen LogP contribution in [0.4, 0.5) is 5.82 Å². The van der Waals surface area contributed by atoms with Crippen molar-refractivity contribution in [2.75, 3.05) is 11.9 Å². The van der Waals surface area contributed by atoms with Crippen molar-refractivity contribution in [2.24, 2.45) is 5.41 Å². The van der Waals surface area contributed by atoms with Crippen LogP contribution >= 0.6 is 11.6 Å². The molecule has 90 valence electrons. The summed E-state index contributed by atoms with van der Waals surface area (Å²) in [4.78, 5) is 0. The van der Waals surface area contributed by atoms with E-state index >= 15 is 0 Å². The lowest BCUT2D eigenvalue weighted by Crippen LogP contribution is -2.19. The molecule has 1 aromatic carbocycles. The summed E-state index contributed by atoms with van der Waals surface area (Å²) in [6.07, 6.45) is 0. The first-order valence-electron chi connectivity index (χ1n) is 5.62. The third-order valence-electron chi connectivity index (χ3n) is 2.43. The van der Waals surface area contributed by atoms with Crippen molar-refractivity contribution >= 4 is 28.2 Å². The number of anilines is 1. The first kappa shape index (κ1) is 12.1. The van der Waals surface area contributed by atoms with Gasteiger partial charge in [0.1, 0.15) is 0 Å². The number of rotatable bonds is 2. The molecule has 0 saturated heterocycles. The fourth-order valence-electron chi connectivity index (χ4n) is 1.55. The van der Waals surface area contributed by atoms with E-state index in [-0.39, 0.29) is 5.41 Å². The molecule has 17 heavy (non-hydrogen) atoms. The van der Waals surface area contributed by atoms with Crippen LogP contribution in [0.15, 0.2) is 24.3 Å². The lowest BCUT2D eigenvalue weighted by Gasteiger charge is -2.19. The lowest BCUT2D eigenvalue weighted by molar-refractivity contribution is 0.442. The van der Waals surface area contributed by atoms with Crippen molar-refractivity contribution in [2.45, 2.75) is 20.8 Å². The Hall–Kier alpha value is -1.35. The molecule has 2 rings (SSSR count). The quantitative estimate of drug-likeness (QED) is 0.881. The van der Waals surface area contributed by atoms with Crippen molar-refractivity contribution in [3.63, 3.8) is 0 Å². The minimum absolute atomic E-state index is 0.197. The molecule has 0 aliphatic heterocycles.